The van der Waals surface area contributed by atoms with Crippen LogP contribution in [0, 0.1) is 0 Å². The fourth-order valence-corrected chi connectivity index (χ4v) is 3.15. The lowest BCUT2D eigenvalue weighted by molar-refractivity contribution is -0.133. The molecule has 1 fully saturated rings. The van der Waals surface area contributed by atoms with Gasteiger partial charge in [-0.2, -0.15) is 10.2 Å². The minimum Gasteiger partial charge on any atom is -0.387 e. The van der Waals surface area contributed by atoms with Crippen LogP contribution in [0.3, 0.4) is 0 Å². The van der Waals surface area contributed by atoms with Crippen LogP contribution in [0.1, 0.15) is 12.5 Å². The van der Waals surface area contributed by atoms with Crippen molar-refractivity contribution < 1.29 is 9.90 Å². The lowest BCUT2D eigenvalue weighted by Gasteiger charge is -2.15. The van der Waals surface area contributed by atoms with E-state index in [4.69, 9.17) is 5.11 Å². The van der Waals surface area contributed by atoms with E-state index in [0.29, 0.717) is 19.0 Å². The van der Waals surface area contributed by atoms with Crippen LogP contribution in [0.2, 0.25) is 0 Å². The van der Waals surface area contributed by atoms with Gasteiger partial charge in [-0.25, -0.2) is 9.97 Å². The third-order valence-electron chi connectivity index (χ3n) is 4.54. The van der Waals surface area contributed by atoms with Crippen molar-refractivity contribution >= 4 is 17.5 Å². The topological polar surface area (TPSA) is 114 Å². The predicted molar refractivity (Wildman–Crippen MR) is 97.1 cm³/mol. The van der Waals surface area contributed by atoms with Gasteiger partial charge in [0.25, 0.3) is 0 Å². The van der Waals surface area contributed by atoms with Gasteiger partial charge >= 0.3 is 0 Å². The molecule has 140 valence electrons. The van der Waals surface area contributed by atoms with Gasteiger partial charge in [-0.15, -0.1) is 0 Å². The molecule has 1 aliphatic heterocycles. The summed E-state index contributed by atoms with van der Waals surface area (Å²) in [5.74, 6) is 0.237. The molecule has 10 nitrogen and oxygen atoms in total. The van der Waals surface area contributed by atoms with Crippen molar-refractivity contribution in [1.82, 2.24) is 34.4 Å². The van der Waals surface area contributed by atoms with Gasteiger partial charge in [0.15, 0.2) is 0 Å². The Morgan fingerprint density at radius 1 is 1.33 bits per heavy atom. The van der Waals surface area contributed by atoms with Gasteiger partial charge < -0.3 is 15.3 Å². The van der Waals surface area contributed by atoms with Crippen LogP contribution < -0.4 is 5.32 Å². The Labute approximate surface area is 155 Å². The highest BCUT2D eigenvalue weighted by Gasteiger charge is 2.27. The van der Waals surface area contributed by atoms with Crippen molar-refractivity contribution in [3.63, 3.8) is 0 Å². The molecule has 1 aliphatic rings. The summed E-state index contributed by atoms with van der Waals surface area (Å²) in [6.45, 7) is 0.731. The summed E-state index contributed by atoms with van der Waals surface area (Å²) < 4.78 is 3.55. The van der Waals surface area contributed by atoms with Gasteiger partial charge in [0.1, 0.15) is 6.61 Å². The summed E-state index contributed by atoms with van der Waals surface area (Å²) in [6.07, 6.45) is 9.72. The maximum Gasteiger partial charge on any atom is 0.248 e. The first-order chi connectivity index (χ1) is 13.1. The predicted octanol–water partition coefficient (Wildman–Crippen LogP) is 0.583. The molecule has 0 bridgehead atoms. The summed E-state index contributed by atoms with van der Waals surface area (Å²) >= 11 is 0. The average Bonchev–Trinajstić information content (AvgIpc) is 3.41. The van der Waals surface area contributed by atoms with Crippen LogP contribution in [-0.2, 0) is 11.8 Å². The van der Waals surface area contributed by atoms with E-state index in [9.17, 15) is 4.79 Å². The molecule has 1 atom stereocenters. The van der Waals surface area contributed by atoms with Crippen molar-refractivity contribution in [1.29, 1.82) is 0 Å². The Hall–Kier alpha value is -3.27. The number of carbonyl (C=O) groups is 1. The SMILES string of the molecule is Cn1cc(Nc2nccc(-c3cnn(C4CCN(C(=O)CO)C4)c3)n2)cn1. The minimum absolute atomic E-state index is 0.101. The molecule has 4 heterocycles. The van der Waals surface area contributed by atoms with E-state index in [0.717, 1.165) is 23.4 Å². The Kier molecular flexibility index (Phi) is 4.55. The number of hydrogen-bond acceptors (Lipinski definition) is 7. The van der Waals surface area contributed by atoms with Crippen LogP contribution in [0.15, 0.2) is 37.1 Å². The van der Waals surface area contributed by atoms with Crippen LogP contribution in [0.25, 0.3) is 11.3 Å². The lowest BCUT2D eigenvalue weighted by atomic mass is 10.2. The number of anilines is 2. The minimum atomic E-state index is -0.454. The lowest BCUT2D eigenvalue weighted by Crippen LogP contribution is -2.31. The zero-order valence-corrected chi connectivity index (χ0v) is 14.9. The van der Waals surface area contributed by atoms with E-state index in [1.807, 2.05) is 30.2 Å². The molecule has 3 aromatic rings. The van der Waals surface area contributed by atoms with E-state index >= 15 is 0 Å². The highest BCUT2D eigenvalue weighted by Crippen LogP contribution is 2.24. The zero-order valence-electron chi connectivity index (χ0n) is 14.9. The third-order valence-corrected chi connectivity index (χ3v) is 4.54. The number of amides is 1. The largest absolute Gasteiger partial charge is 0.387 e. The molecule has 27 heavy (non-hydrogen) atoms. The summed E-state index contributed by atoms with van der Waals surface area (Å²) in [5, 5.41) is 20.7. The molecular formula is C17H20N8O2. The van der Waals surface area contributed by atoms with Gasteiger partial charge in [0.05, 0.1) is 29.8 Å². The number of aryl methyl sites for hydroxylation is 1. The normalized spacial score (nSPS) is 16.7. The van der Waals surface area contributed by atoms with Gasteiger partial charge in [-0.3, -0.25) is 14.2 Å². The highest BCUT2D eigenvalue weighted by atomic mass is 16.3. The maximum absolute atomic E-state index is 11.6. The molecule has 3 aromatic heterocycles. The van der Waals surface area contributed by atoms with E-state index in [2.05, 4.69) is 25.5 Å². The second kappa shape index (κ2) is 7.16. The first-order valence-corrected chi connectivity index (χ1v) is 8.64. The van der Waals surface area contributed by atoms with Crippen molar-refractivity contribution in [2.45, 2.75) is 12.5 Å². The second-order valence-corrected chi connectivity index (χ2v) is 6.44. The molecule has 10 heteroatoms. The monoisotopic (exact) mass is 368 g/mol. The molecule has 0 saturated carbocycles. The second-order valence-electron chi connectivity index (χ2n) is 6.44. The number of carbonyl (C=O) groups excluding carboxylic acids is 1. The first kappa shape index (κ1) is 17.2. The first-order valence-electron chi connectivity index (χ1n) is 8.64. The molecular weight excluding hydrogens is 348 g/mol. The number of aliphatic hydroxyl groups is 1. The number of nitrogens with zero attached hydrogens (tertiary/aromatic N) is 7. The van der Waals surface area contributed by atoms with Crippen LogP contribution >= 0.6 is 0 Å². The maximum atomic E-state index is 11.6. The molecule has 4 rings (SSSR count). The van der Waals surface area contributed by atoms with Crippen LogP contribution in [-0.4, -0.2) is 65.1 Å². The highest BCUT2D eigenvalue weighted by molar-refractivity contribution is 5.77. The van der Waals surface area contributed by atoms with Crippen molar-refractivity contribution in [3.05, 3.63) is 37.1 Å². The van der Waals surface area contributed by atoms with E-state index < -0.39 is 6.61 Å². The molecule has 0 spiro atoms. The zero-order chi connectivity index (χ0) is 18.8. The van der Waals surface area contributed by atoms with Gasteiger partial charge in [-0.05, 0) is 12.5 Å². The van der Waals surface area contributed by atoms with Crippen molar-refractivity contribution in [3.8, 4) is 11.3 Å². The van der Waals surface area contributed by atoms with Gasteiger partial charge in [-0.1, -0.05) is 0 Å². The Balaban J connectivity index is 1.48. The quantitative estimate of drug-likeness (QED) is 0.677. The molecule has 2 N–H and O–H groups in total. The number of nitrogens with one attached hydrogen (secondary N) is 1. The Morgan fingerprint density at radius 3 is 3.00 bits per heavy atom. The number of rotatable bonds is 5. The smallest absolute Gasteiger partial charge is 0.248 e. The van der Waals surface area contributed by atoms with Gasteiger partial charge in [0.2, 0.25) is 11.9 Å². The van der Waals surface area contributed by atoms with E-state index in [1.54, 1.807) is 28.2 Å². The molecule has 1 saturated heterocycles. The third kappa shape index (κ3) is 3.65. The number of aliphatic hydroxyl groups excluding tert-OH is 1. The molecule has 0 aromatic carbocycles. The van der Waals surface area contributed by atoms with Crippen molar-refractivity contribution in [2.24, 2.45) is 7.05 Å². The van der Waals surface area contributed by atoms with E-state index in [-0.39, 0.29) is 11.9 Å². The summed E-state index contributed by atoms with van der Waals surface area (Å²) in [7, 11) is 1.84. The molecule has 0 aliphatic carbocycles. The fourth-order valence-electron chi connectivity index (χ4n) is 3.15. The number of hydrogen-bond donors (Lipinski definition) is 2. The van der Waals surface area contributed by atoms with Crippen LogP contribution in [0.4, 0.5) is 11.6 Å². The van der Waals surface area contributed by atoms with Crippen LogP contribution in [0.5, 0.6) is 0 Å². The summed E-state index contributed by atoms with van der Waals surface area (Å²) in [5.41, 5.74) is 2.44. The van der Waals surface area contributed by atoms with Crippen molar-refractivity contribution in [2.75, 3.05) is 25.0 Å². The van der Waals surface area contributed by atoms with Gasteiger partial charge in [0, 0.05) is 44.3 Å². The molecule has 1 unspecified atom stereocenters. The standard InChI is InChI=1S/C17H20N8O2/c1-23-9-13(7-19-23)21-17-18-4-2-15(22-17)12-6-20-25(8-12)14-3-5-24(10-14)16(27)11-26/h2,4,6-9,14,26H,3,5,10-11H2,1H3,(H,18,21,22). The molecule has 1 amide bonds. The number of likely N-dealkylation sites (tertiary alicyclic amines) is 1. The Bertz CT molecular complexity index is 950. The average molecular weight is 368 g/mol. The number of aromatic nitrogens is 6. The fraction of sp³-hybridized carbons (Fsp3) is 0.353. The van der Waals surface area contributed by atoms with E-state index in [1.165, 1.54) is 0 Å². The molecule has 0 radical (unpaired) electrons. The Morgan fingerprint density at radius 2 is 2.22 bits per heavy atom. The summed E-state index contributed by atoms with van der Waals surface area (Å²) in [4.78, 5) is 22.1. The summed E-state index contributed by atoms with van der Waals surface area (Å²) in [6, 6.07) is 1.93.